The third-order valence-corrected chi connectivity index (χ3v) is 5.44. The summed E-state index contributed by atoms with van der Waals surface area (Å²) in [5.74, 6) is -1.36. The highest BCUT2D eigenvalue weighted by Crippen LogP contribution is 2.28. The summed E-state index contributed by atoms with van der Waals surface area (Å²) in [5, 5.41) is 3.03. The van der Waals surface area contributed by atoms with E-state index in [4.69, 9.17) is 4.74 Å². The van der Waals surface area contributed by atoms with E-state index in [1.807, 2.05) is 31.2 Å². The molecule has 0 aliphatic carbocycles. The molecule has 2 aromatic rings. The molecular weight excluding hydrogens is 378 g/mol. The maximum absolute atomic E-state index is 12.6. The second kappa shape index (κ2) is 8.35. The van der Waals surface area contributed by atoms with Crippen LogP contribution in [0.25, 0.3) is 0 Å². The summed E-state index contributed by atoms with van der Waals surface area (Å²) in [6.45, 7) is 7.57. The first-order chi connectivity index (χ1) is 13.4. The minimum absolute atomic E-state index is 0.0898. The molecule has 8 heteroatoms. The Labute approximate surface area is 167 Å². The number of nitrogens with zero attached hydrogens (tertiary/aromatic N) is 2. The summed E-state index contributed by atoms with van der Waals surface area (Å²) >= 11 is 1.05. The standard InChI is InChI=1S/C20H21N3O4S/c1-4-9-27-19(26)17-13(3)21-20(28-17)22-18(25)14-10-16(24)23(11-14)15-7-5-12(2)6-8-15/h4-8,14H,1,9-11H2,2-3H3,(H,21,22,25). The third kappa shape index (κ3) is 4.28. The molecule has 1 fully saturated rings. The van der Waals surface area contributed by atoms with Crippen LogP contribution in [0.3, 0.4) is 0 Å². The fourth-order valence-corrected chi connectivity index (χ4v) is 3.77. The predicted octanol–water partition coefficient (Wildman–Crippen LogP) is 3.09. The zero-order chi connectivity index (χ0) is 20.3. The Hall–Kier alpha value is -3.00. The fraction of sp³-hybridized carbons (Fsp3) is 0.300. The van der Waals surface area contributed by atoms with Gasteiger partial charge >= 0.3 is 5.97 Å². The van der Waals surface area contributed by atoms with Crippen molar-refractivity contribution in [2.75, 3.05) is 23.4 Å². The van der Waals surface area contributed by atoms with Crippen LogP contribution in [0.1, 0.15) is 27.3 Å². The topological polar surface area (TPSA) is 88.6 Å². The highest BCUT2D eigenvalue weighted by molar-refractivity contribution is 7.17. The molecule has 0 radical (unpaired) electrons. The van der Waals surface area contributed by atoms with Crippen LogP contribution >= 0.6 is 11.3 Å². The second-order valence-electron chi connectivity index (χ2n) is 6.55. The van der Waals surface area contributed by atoms with Crippen molar-refractivity contribution in [3.8, 4) is 0 Å². The lowest BCUT2D eigenvalue weighted by molar-refractivity contribution is -0.122. The van der Waals surface area contributed by atoms with Gasteiger partial charge in [0.1, 0.15) is 11.5 Å². The van der Waals surface area contributed by atoms with Gasteiger partial charge in [0.05, 0.1) is 11.6 Å². The van der Waals surface area contributed by atoms with Crippen molar-refractivity contribution in [3.05, 3.63) is 53.1 Å². The molecule has 1 aromatic heterocycles. The van der Waals surface area contributed by atoms with Crippen molar-refractivity contribution in [2.24, 2.45) is 5.92 Å². The van der Waals surface area contributed by atoms with Crippen LogP contribution < -0.4 is 10.2 Å². The molecule has 1 atom stereocenters. The van der Waals surface area contributed by atoms with Gasteiger partial charge in [0.15, 0.2) is 5.13 Å². The molecule has 1 aromatic carbocycles. The zero-order valence-electron chi connectivity index (χ0n) is 15.7. The summed E-state index contributed by atoms with van der Waals surface area (Å²) in [7, 11) is 0. The number of hydrogen-bond donors (Lipinski definition) is 1. The van der Waals surface area contributed by atoms with Crippen molar-refractivity contribution >= 4 is 39.9 Å². The first-order valence-corrected chi connectivity index (χ1v) is 9.64. The summed E-state index contributed by atoms with van der Waals surface area (Å²) < 4.78 is 5.01. The van der Waals surface area contributed by atoms with Crippen molar-refractivity contribution in [1.82, 2.24) is 4.98 Å². The fourth-order valence-electron chi connectivity index (χ4n) is 2.90. The van der Waals surface area contributed by atoms with Crippen LogP contribution in [-0.4, -0.2) is 35.9 Å². The molecule has 0 spiro atoms. The Morgan fingerprint density at radius 1 is 1.36 bits per heavy atom. The van der Waals surface area contributed by atoms with E-state index in [0.717, 1.165) is 22.6 Å². The number of nitrogens with one attached hydrogen (secondary N) is 1. The first kappa shape index (κ1) is 19.8. The van der Waals surface area contributed by atoms with Crippen LogP contribution in [0, 0.1) is 19.8 Å². The Bertz CT molecular complexity index is 920. The molecule has 0 bridgehead atoms. The maximum Gasteiger partial charge on any atom is 0.350 e. The number of amides is 2. The van der Waals surface area contributed by atoms with E-state index in [-0.39, 0.29) is 24.8 Å². The number of esters is 1. The summed E-state index contributed by atoms with van der Waals surface area (Å²) in [5.41, 5.74) is 2.37. The Kier molecular flexibility index (Phi) is 5.89. The lowest BCUT2D eigenvalue weighted by Crippen LogP contribution is -2.28. The van der Waals surface area contributed by atoms with Crippen LogP contribution in [0.5, 0.6) is 0 Å². The normalized spacial score (nSPS) is 16.1. The number of aromatic nitrogens is 1. The van der Waals surface area contributed by atoms with Crippen molar-refractivity contribution in [3.63, 3.8) is 0 Å². The SMILES string of the molecule is C=CCOC(=O)c1sc(NC(=O)C2CC(=O)N(c3ccc(C)cc3)C2)nc1C. The lowest BCUT2D eigenvalue weighted by Gasteiger charge is -2.16. The second-order valence-corrected chi connectivity index (χ2v) is 7.55. The Morgan fingerprint density at radius 3 is 2.75 bits per heavy atom. The smallest absolute Gasteiger partial charge is 0.350 e. The van der Waals surface area contributed by atoms with Crippen molar-refractivity contribution in [2.45, 2.75) is 20.3 Å². The zero-order valence-corrected chi connectivity index (χ0v) is 16.5. The van der Waals surface area contributed by atoms with Crippen LogP contribution in [-0.2, 0) is 14.3 Å². The molecule has 146 valence electrons. The van der Waals surface area contributed by atoms with Gasteiger partial charge in [-0.25, -0.2) is 9.78 Å². The third-order valence-electron chi connectivity index (χ3n) is 4.39. The summed E-state index contributed by atoms with van der Waals surface area (Å²) in [4.78, 5) is 43.1. The maximum atomic E-state index is 12.6. The minimum Gasteiger partial charge on any atom is -0.457 e. The molecule has 1 aliphatic heterocycles. The quantitative estimate of drug-likeness (QED) is 0.596. The van der Waals surface area contributed by atoms with E-state index in [2.05, 4.69) is 16.9 Å². The van der Waals surface area contributed by atoms with Crippen LogP contribution in [0.2, 0.25) is 0 Å². The molecule has 28 heavy (non-hydrogen) atoms. The number of thiazole rings is 1. The monoisotopic (exact) mass is 399 g/mol. The van der Waals surface area contributed by atoms with E-state index < -0.39 is 11.9 Å². The van der Waals surface area contributed by atoms with E-state index in [1.54, 1.807) is 11.8 Å². The number of carbonyl (C=O) groups is 3. The van der Waals surface area contributed by atoms with Crippen molar-refractivity contribution in [1.29, 1.82) is 0 Å². The molecule has 2 heterocycles. The Morgan fingerprint density at radius 2 is 2.07 bits per heavy atom. The molecule has 1 saturated heterocycles. The average molecular weight is 399 g/mol. The van der Waals surface area contributed by atoms with Gasteiger partial charge in [-0.3, -0.25) is 9.59 Å². The van der Waals surface area contributed by atoms with Gasteiger partial charge in [-0.1, -0.05) is 41.7 Å². The predicted molar refractivity (Wildman–Crippen MR) is 108 cm³/mol. The Balaban J connectivity index is 1.65. The number of rotatable bonds is 6. The van der Waals surface area contributed by atoms with E-state index >= 15 is 0 Å². The van der Waals surface area contributed by atoms with Gasteiger partial charge in [0.25, 0.3) is 0 Å². The summed E-state index contributed by atoms with van der Waals surface area (Å²) in [6, 6.07) is 7.61. The van der Waals surface area contributed by atoms with Crippen LogP contribution in [0.15, 0.2) is 36.9 Å². The van der Waals surface area contributed by atoms with Crippen molar-refractivity contribution < 1.29 is 19.1 Å². The molecule has 0 saturated carbocycles. The number of benzene rings is 1. The van der Waals surface area contributed by atoms with E-state index in [0.29, 0.717) is 22.2 Å². The summed E-state index contributed by atoms with van der Waals surface area (Å²) in [6.07, 6.45) is 1.62. The first-order valence-electron chi connectivity index (χ1n) is 8.82. The molecule has 2 amide bonds. The highest BCUT2D eigenvalue weighted by atomic mass is 32.1. The number of ether oxygens (including phenoxy) is 1. The van der Waals surface area contributed by atoms with Gasteiger partial charge in [0.2, 0.25) is 11.8 Å². The molecule has 1 unspecified atom stereocenters. The van der Waals surface area contributed by atoms with Crippen LogP contribution in [0.4, 0.5) is 10.8 Å². The average Bonchev–Trinajstić information content (AvgIpc) is 3.23. The van der Waals surface area contributed by atoms with Gasteiger partial charge in [-0.15, -0.1) is 0 Å². The van der Waals surface area contributed by atoms with Gasteiger partial charge in [0, 0.05) is 18.7 Å². The number of anilines is 2. The van der Waals surface area contributed by atoms with Gasteiger partial charge in [-0.2, -0.15) is 0 Å². The largest absolute Gasteiger partial charge is 0.457 e. The number of hydrogen-bond acceptors (Lipinski definition) is 6. The van der Waals surface area contributed by atoms with Gasteiger partial charge < -0.3 is 15.0 Å². The molecule has 7 nitrogen and oxygen atoms in total. The number of carbonyl (C=O) groups excluding carboxylic acids is 3. The van der Waals surface area contributed by atoms with E-state index in [9.17, 15) is 14.4 Å². The highest BCUT2D eigenvalue weighted by Gasteiger charge is 2.35. The lowest BCUT2D eigenvalue weighted by atomic mass is 10.1. The molecule has 3 rings (SSSR count). The van der Waals surface area contributed by atoms with Gasteiger partial charge in [-0.05, 0) is 26.0 Å². The molecular formula is C20H21N3O4S. The minimum atomic E-state index is -0.503. The number of aryl methyl sites for hydroxylation is 2. The molecule has 1 N–H and O–H groups in total. The molecule has 1 aliphatic rings. The van der Waals surface area contributed by atoms with E-state index in [1.165, 1.54) is 6.08 Å².